The van der Waals surface area contributed by atoms with E-state index in [1.165, 1.54) is 7.11 Å². The van der Waals surface area contributed by atoms with Crippen molar-refractivity contribution in [2.75, 3.05) is 7.11 Å². The van der Waals surface area contributed by atoms with Gasteiger partial charge in [0.15, 0.2) is 6.04 Å². The molecule has 0 amide bonds. The molecule has 0 radical (unpaired) electrons. The van der Waals surface area contributed by atoms with Crippen LogP contribution in [-0.2, 0) is 16.0 Å². The van der Waals surface area contributed by atoms with Crippen molar-refractivity contribution in [3.8, 4) is 5.75 Å². The zero-order chi connectivity index (χ0) is 19.1. The number of carbonyl (C=O) groups is 1. The van der Waals surface area contributed by atoms with Crippen LogP contribution in [0.3, 0.4) is 0 Å². The third-order valence-corrected chi connectivity index (χ3v) is 4.19. The lowest BCUT2D eigenvalue weighted by molar-refractivity contribution is -0.142. The van der Waals surface area contributed by atoms with Gasteiger partial charge in [0.25, 0.3) is 0 Å². The van der Waals surface area contributed by atoms with Crippen LogP contribution in [0.25, 0.3) is 0 Å². The Morgan fingerprint density at radius 3 is 2.04 bits per heavy atom. The van der Waals surface area contributed by atoms with Gasteiger partial charge in [0, 0.05) is 17.5 Å². The molecule has 0 aliphatic heterocycles. The molecular formula is C23H21NO3. The van der Waals surface area contributed by atoms with Gasteiger partial charge in [-0.05, 0) is 17.7 Å². The first kappa shape index (κ1) is 18.4. The molecule has 27 heavy (non-hydrogen) atoms. The molecule has 1 atom stereocenters. The van der Waals surface area contributed by atoms with Gasteiger partial charge in [-0.3, -0.25) is 4.99 Å². The first-order valence-electron chi connectivity index (χ1n) is 8.72. The molecule has 4 heteroatoms. The van der Waals surface area contributed by atoms with Crippen molar-refractivity contribution in [3.63, 3.8) is 0 Å². The summed E-state index contributed by atoms with van der Waals surface area (Å²) in [6, 6.07) is 25.6. The molecule has 0 aromatic heterocycles. The summed E-state index contributed by atoms with van der Waals surface area (Å²) >= 11 is 0. The van der Waals surface area contributed by atoms with E-state index >= 15 is 0 Å². The first-order chi connectivity index (χ1) is 13.2. The number of rotatable bonds is 6. The molecule has 0 spiro atoms. The van der Waals surface area contributed by atoms with Crippen LogP contribution in [-0.4, -0.2) is 29.9 Å². The van der Waals surface area contributed by atoms with E-state index in [-0.39, 0.29) is 5.75 Å². The number of esters is 1. The summed E-state index contributed by atoms with van der Waals surface area (Å²) in [4.78, 5) is 17.2. The highest BCUT2D eigenvalue weighted by Crippen LogP contribution is 2.17. The van der Waals surface area contributed by atoms with Crippen molar-refractivity contribution < 1.29 is 14.6 Å². The zero-order valence-electron chi connectivity index (χ0n) is 15.1. The zero-order valence-corrected chi connectivity index (χ0v) is 15.1. The van der Waals surface area contributed by atoms with Crippen LogP contribution in [0.4, 0.5) is 0 Å². The van der Waals surface area contributed by atoms with E-state index in [4.69, 9.17) is 9.73 Å². The number of benzene rings is 3. The average Bonchev–Trinajstić information content (AvgIpc) is 2.72. The number of nitrogens with zero attached hydrogens (tertiary/aromatic N) is 1. The molecule has 0 saturated carbocycles. The van der Waals surface area contributed by atoms with E-state index in [9.17, 15) is 9.90 Å². The molecule has 0 fully saturated rings. The molecule has 0 aliphatic carbocycles. The Hall–Kier alpha value is -3.40. The summed E-state index contributed by atoms with van der Waals surface area (Å²) in [6.07, 6.45) is 0.338. The van der Waals surface area contributed by atoms with Gasteiger partial charge in [-0.25, -0.2) is 4.79 Å². The van der Waals surface area contributed by atoms with E-state index in [0.717, 1.165) is 22.4 Å². The van der Waals surface area contributed by atoms with E-state index in [1.54, 1.807) is 18.2 Å². The number of carbonyl (C=O) groups excluding carboxylic acids is 1. The Bertz CT molecular complexity index is 879. The second-order valence-electron chi connectivity index (χ2n) is 6.12. The smallest absolute Gasteiger partial charge is 0.330 e. The highest BCUT2D eigenvalue weighted by atomic mass is 16.5. The molecule has 0 heterocycles. The van der Waals surface area contributed by atoms with E-state index in [0.29, 0.717) is 6.42 Å². The fraction of sp³-hybridized carbons (Fsp3) is 0.130. The molecule has 4 nitrogen and oxygen atoms in total. The van der Waals surface area contributed by atoms with Gasteiger partial charge >= 0.3 is 5.97 Å². The topological polar surface area (TPSA) is 58.9 Å². The van der Waals surface area contributed by atoms with Crippen molar-refractivity contribution >= 4 is 11.7 Å². The lowest BCUT2D eigenvalue weighted by atomic mass is 10.0. The highest BCUT2D eigenvalue weighted by Gasteiger charge is 2.21. The van der Waals surface area contributed by atoms with Crippen molar-refractivity contribution in [1.82, 2.24) is 0 Å². The van der Waals surface area contributed by atoms with Crippen LogP contribution in [0, 0.1) is 0 Å². The van der Waals surface area contributed by atoms with E-state index in [2.05, 4.69) is 0 Å². The molecule has 136 valence electrons. The van der Waals surface area contributed by atoms with E-state index in [1.807, 2.05) is 66.7 Å². The lowest BCUT2D eigenvalue weighted by Gasteiger charge is -2.15. The standard InChI is InChI=1S/C23H21NO3/c1-27-23(26)21(16-17-9-8-14-20(25)15-17)24-22(18-10-4-2-5-11-18)19-12-6-3-7-13-19/h2-15,21,25H,16H2,1H3. The summed E-state index contributed by atoms with van der Waals surface area (Å²) in [5.41, 5.74) is 3.39. The summed E-state index contributed by atoms with van der Waals surface area (Å²) in [7, 11) is 1.36. The minimum Gasteiger partial charge on any atom is -0.508 e. The van der Waals surface area contributed by atoms with Gasteiger partial charge in [0.05, 0.1) is 12.8 Å². The van der Waals surface area contributed by atoms with E-state index < -0.39 is 12.0 Å². The number of phenols is 1. The maximum atomic E-state index is 12.4. The Labute approximate surface area is 158 Å². The van der Waals surface area contributed by atoms with Crippen molar-refractivity contribution in [2.45, 2.75) is 12.5 Å². The number of ether oxygens (including phenoxy) is 1. The summed E-state index contributed by atoms with van der Waals surface area (Å²) < 4.78 is 4.98. The first-order valence-corrected chi connectivity index (χ1v) is 8.72. The highest BCUT2D eigenvalue weighted by molar-refractivity contribution is 6.13. The predicted octanol–water partition coefficient (Wildman–Crippen LogP) is 4.01. The number of aromatic hydroxyl groups is 1. The minimum atomic E-state index is -0.716. The van der Waals surface area contributed by atoms with Crippen LogP contribution in [0.15, 0.2) is 89.9 Å². The fourth-order valence-corrected chi connectivity index (χ4v) is 2.89. The van der Waals surface area contributed by atoms with Gasteiger partial charge in [-0.1, -0.05) is 72.8 Å². The number of hydrogen-bond acceptors (Lipinski definition) is 4. The van der Waals surface area contributed by atoms with Crippen LogP contribution >= 0.6 is 0 Å². The molecule has 0 saturated heterocycles. The largest absolute Gasteiger partial charge is 0.508 e. The Morgan fingerprint density at radius 1 is 0.926 bits per heavy atom. The second kappa shape index (κ2) is 8.81. The molecule has 3 aromatic carbocycles. The molecular weight excluding hydrogens is 338 g/mol. The Morgan fingerprint density at radius 2 is 1.52 bits per heavy atom. The molecule has 0 aliphatic rings. The number of aliphatic imine (C=N–C) groups is 1. The van der Waals surface area contributed by atoms with Gasteiger partial charge < -0.3 is 9.84 Å². The Balaban J connectivity index is 2.04. The molecule has 1 unspecified atom stereocenters. The predicted molar refractivity (Wildman–Crippen MR) is 106 cm³/mol. The van der Waals surface area contributed by atoms with Gasteiger partial charge in [0.1, 0.15) is 5.75 Å². The molecule has 3 aromatic rings. The third kappa shape index (κ3) is 4.82. The maximum Gasteiger partial charge on any atom is 0.330 e. The van der Waals surface area contributed by atoms with Crippen LogP contribution in [0.1, 0.15) is 16.7 Å². The van der Waals surface area contributed by atoms with Gasteiger partial charge in [0.2, 0.25) is 0 Å². The van der Waals surface area contributed by atoms with Crippen LogP contribution in [0.2, 0.25) is 0 Å². The SMILES string of the molecule is COC(=O)C(Cc1cccc(O)c1)N=C(c1ccccc1)c1ccccc1. The van der Waals surface area contributed by atoms with Gasteiger partial charge in [-0.2, -0.15) is 0 Å². The number of hydrogen-bond donors (Lipinski definition) is 1. The maximum absolute atomic E-state index is 12.4. The van der Waals surface area contributed by atoms with Gasteiger partial charge in [-0.15, -0.1) is 0 Å². The number of methoxy groups -OCH3 is 1. The fourth-order valence-electron chi connectivity index (χ4n) is 2.89. The monoisotopic (exact) mass is 359 g/mol. The minimum absolute atomic E-state index is 0.159. The lowest BCUT2D eigenvalue weighted by Crippen LogP contribution is -2.25. The average molecular weight is 359 g/mol. The number of phenolic OH excluding ortho intramolecular Hbond substituents is 1. The molecule has 1 N–H and O–H groups in total. The van der Waals surface area contributed by atoms with Crippen LogP contribution in [0.5, 0.6) is 5.75 Å². The van der Waals surface area contributed by atoms with Crippen molar-refractivity contribution in [3.05, 3.63) is 102 Å². The van der Waals surface area contributed by atoms with Crippen molar-refractivity contribution in [1.29, 1.82) is 0 Å². The Kier molecular flexibility index (Phi) is 6.00. The summed E-state index contributed by atoms with van der Waals surface area (Å²) in [6.45, 7) is 0. The van der Waals surface area contributed by atoms with Crippen molar-refractivity contribution in [2.24, 2.45) is 4.99 Å². The summed E-state index contributed by atoms with van der Waals surface area (Å²) in [5, 5.41) is 9.71. The van der Waals surface area contributed by atoms with Crippen LogP contribution < -0.4 is 0 Å². The normalized spacial score (nSPS) is 11.4. The quantitative estimate of drug-likeness (QED) is 0.534. The molecule has 3 rings (SSSR count). The summed E-state index contributed by atoms with van der Waals surface area (Å²) in [5.74, 6) is -0.255. The molecule has 0 bridgehead atoms. The second-order valence-corrected chi connectivity index (χ2v) is 6.12. The third-order valence-electron chi connectivity index (χ3n) is 4.19.